The Labute approximate surface area is 124 Å². The molecule has 0 aliphatic rings. The minimum Gasteiger partial charge on any atom is -0.494 e. The molecular formula is C15H13BrFNO2. The van der Waals surface area contributed by atoms with Gasteiger partial charge in [-0.2, -0.15) is 0 Å². The van der Waals surface area contributed by atoms with Crippen LogP contribution in [0.25, 0.3) is 0 Å². The number of rotatable bonds is 4. The van der Waals surface area contributed by atoms with Crippen molar-refractivity contribution in [1.29, 1.82) is 0 Å². The lowest BCUT2D eigenvalue weighted by Crippen LogP contribution is -2.12. The summed E-state index contributed by atoms with van der Waals surface area (Å²) >= 11 is 3.06. The lowest BCUT2D eigenvalue weighted by atomic mass is 10.2. The van der Waals surface area contributed by atoms with Gasteiger partial charge in [0.2, 0.25) is 0 Å². The third-order valence-corrected chi connectivity index (χ3v) is 3.19. The Morgan fingerprint density at radius 1 is 1.30 bits per heavy atom. The van der Waals surface area contributed by atoms with Crippen molar-refractivity contribution in [2.75, 3.05) is 11.9 Å². The topological polar surface area (TPSA) is 38.3 Å². The van der Waals surface area contributed by atoms with Crippen molar-refractivity contribution in [3.05, 3.63) is 58.3 Å². The van der Waals surface area contributed by atoms with Crippen molar-refractivity contribution in [3.8, 4) is 5.75 Å². The zero-order chi connectivity index (χ0) is 14.5. The molecule has 0 aliphatic heterocycles. The zero-order valence-electron chi connectivity index (χ0n) is 10.8. The molecule has 0 heterocycles. The second-order valence-electron chi connectivity index (χ2n) is 4.04. The van der Waals surface area contributed by atoms with Gasteiger partial charge in [-0.1, -0.05) is 6.07 Å². The van der Waals surface area contributed by atoms with Crippen molar-refractivity contribution >= 4 is 27.5 Å². The molecule has 0 unspecified atom stereocenters. The van der Waals surface area contributed by atoms with Crippen LogP contribution in [0.1, 0.15) is 17.3 Å². The highest BCUT2D eigenvalue weighted by Crippen LogP contribution is 2.20. The van der Waals surface area contributed by atoms with E-state index in [4.69, 9.17) is 4.74 Å². The van der Waals surface area contributed by atoms with Gasteiger partial charge in [-0.15, -0.1) is 0 Å². The van der Waals surface area contributed by atoms with E-state index >= 15 is 0 Å². The molecule has 0 aromatic heterocycles. The number of carbonyl (C=O) groups excluding carboxylic acids is 1. The predicted octanol–water partition coefficient (Wildman–Crippen LogP) is 4.24. The number of nitrogens with one attached hydrogen (secondary N) is 1. The van der Waals surface area contributed by atoms with Crippen LogP contribution in [0.5, 0.6) is 5.75 Å². The molecule has 104 valence electrons. The average molecular weight is 338 g/mol. The van der Waals surface area contributed by atoms with Crippen LogP contribution in [0.15, 0.2) is 46.9 Å². The molecule has 5 heteroatoms. The van der Waals surface area contributed by atoms with Gasteiger partial charge in [-0.05, 0) is 53.2 Å². The summed E-state index contributed by atoms with van der Waals surface area (Å²) in [5.41, 5.74) is 1.00. The van der Waals surface area contributed by atoms with E-state index in [1.807, 2.05) is 13.0 Å². The van der Waals surface area contributed by atoms with E-state index in [1.54, 1.807) is 18.2 Å². The van der Waals surface area contributed by atoms with Gasteiger partial charge in [0.25, 0.3) is 5.91 Å². The number of ether oxygens (including phenoxy) is 1. The first-order valence-electron chi connectivity index (χ1n) is 6.09. The van der Waals surface area contributed by atoms with E-state index in [-0.39, 0.29) is 10.4 Å². The Bertz CT molecular complexity index is 631. The molecule has 3 nitrogen and oxygen atoms in total. The smallest absolute Gasteiger partial charge is 0.255 e. The molecule has 0 radical (unpaired) electrons. The van der Waals surface area contributed by atoms with E-state index in [9.17, 15) is 9.18 Å². The van der Waals surface area contributed by atoms with E-state index in [0.29, 0.717) is 23.6 Å². The van der Waals surface area contributed by atoms with E-state index in [1.165, 1.54) is 18.2 Å². The van der Waals surface area contributed by atoms with E-state index in [2.05, 4.69) is 21.2 Å². The highest BCUT2D eigenvalue weighted by molar-refractivity contribution is 9.10. The van der Waals surface area contributed by atoms with Crippen molar-refractivity contribution < 1.29 is 13.9 Å². The van der Waals surface area contributed by atoms with Crippen molar-refractivity contribution in [1.82, 2.24) is 0 Å². The van der Waals surface area contributed by atoms with Gasteiger partial charge < -0.3 is 10.1 Å². The number of hydrogen-bond donors (Lipinski definition) is 1. The first kappa shape index (κ1) is 14.5. The molecule has 0 fully saturated rings. The maximum Gasteiger partial charge on any atom is 0.255 e. The molecular weight excluding hydrogens is 325 g/mol. The standard InChI is InChI=1S/C15H13BrFNO2/c1-2-20-12-5-3-4-11(9-12)18-15(19)10-6-7-14(17)13(16)8-10/h3-9H,2H2,1H3,(H,18,19). The number of carbonyl (C=O) groups is 1. The Hall–Kier alpha value is -1.88. The Morgan fingerprint density at radius 2 is 2.10 bits per heavy atom. The largest absolute Gasteiger partial charge is 0.494 e. The molecule has 0 bridgehead atoms. The molecule has 0 aliphatic carbocycles. The fraction of sp³-hybridized carbons (Fsp3) is 0.133. The van der Waals surface area contributed by atoms with E-state index < -0.39 is 5.82 Å². The van der Waals surface area contributed by atoms with Gasteiger partial charge in [0.1, 0.15) is 11.6 Å². The minimum atomic E-state index is -0.403. The summed E-state index contributed by atoms with van der Waals surface area (Å²) in [7, 11) is 0. The van der Waals surface area contributed by atoms with Crippen molar-refractivity contribution in [2.45, 2.75) is 6.92 Å². The Kier molecular flexibility index (Phi) is 4.74. The summed E-state index contributed by atoms with van der Waals surface area (Å²) in [5.74, 6) is -0.0233. The first-order valence-corrected chi connectivity index (χ1v) is 6.88. The van der Waals surface area contributed by atoms with Crippen molar-refractivity contribution in [3.63, 3.8) is 0 Å². The third kappa shape index (κ3) is 3.57. The van der Waals surface area contributed by atoms with Crippen LogP contribution in [0.4, 0.5) is 10.1 Å². The average Bonchev–Trinajstić information content (AvgIpc) is 2.42. The maximum atomic E-state index is 13.1. The summed E-state index contributed by atoms with van der Waals surface area (Å²) in [6.45, 7) is 2.45. The van der Waals surface area contributed by atoms with Crippen LogP contribution in [-0.4, -0.2) is 12.5 Å². The highest BCUT2D eigenvalue weighted by atomic mass is 79.9. The molecule has 2 aromatic carbocycles. The lowest BCUT2D eigenvalue weighted by molar-refractivity contribution is 0.102. The van der Waals surface area contributed by atoms with Crippen LogP contribution in [-0.2, 0) is 0 Å². The van der Waals surface area contributed by atoms with E-state index in [0.717, 1.165) is 0 Å². The summed E-state index contributed by atoms with van der Waals surface area (Å²) in [4.78, 5) is 12.1. The summed E-state index contributed by atoms with van der Waals surface area (Å²) in [5, 5.41) is 2.74. The fourth-order valence-electron chi connectivity index (χ4n) is 1.67. The Morgan fingerprint density at radius 3 is 2.80 bits per heavy atom. The molecule has 20 heavy (non-hydrogen) atoms. The summed E-state index contributed by atoms with van der Waals surface area (Å²) < 4.78 is 18.7. The second-order valence-corrected chi connectivity index (χ2v) is 4.90. The molecule has 0 saturated carbocycles. The Balaban J connectivity index is 2.14. The zero-order valence-corrected chi connectivity index (χ0v) is 12.4. The fourth-order valence-corrected chi connectivity index (χ4v) is 2.05. The molecule has 1 amide bonds. The first-order chi connectivity index (χ1) is 9.60. The molecule has 0 saturated heterocycles. The normalized spacial score (nSPS) is 10.2. The molecule has 2 aromatic rings. The minimum absolute atomic E-state index is 0.258. The number of halogens is 2. The van der Waals surface area contributed by atoms with Gasteiger partial charge in [0, 0.05) is 17.3 Å². The second kappa shape index (κ2) is 6.52. The summed E-state index contributed by atoms with van der Waals surface area (Å²) in [6.07, 6.45) is 0. The van der Waals surface area contributed by atoms with Gasteiger partial charge in [-0.25, -0.2) is 4.39 Å². The number of anilines is 1. The molecule has 1 N–H and O–H groups in total. The van der Waals surface area contributed by atoms with Crippen LogP contribution in [0.3, 0.4) is 0 Å². The number of amides is 1. The SMILES string of the molecule is CCOc1cccc(NC(=O)c2ccc(F)c(Br)c2)c1. The lowest BCUT2D eigenvalue weighted by Gasteiger charge is -2.08. The summed E-state index contributed by atoms with van der Waals surface area (Å²) in [6, 6.07) is 11.2. The highest BCUT2D eigenvalue weighted by Gasteiger charge is 2.09. The van der Waals surface area contributed by atoms with Crippen LogP contribution >= 0.6 is 15.9 Å². The number of hydrogen-bond acceptors (Lipinski definition) is 2. The molecule has 0 spiro atoms. The predicted molar refractivity (Wildman–Crippen MR) is 79.7 cm³/mol. The van der Waals surface area contributed by atoms with Crippen LogP contribution in [0.2, 0.25) is 0 Å². The maximum absolute atomic E-state index is 13.1. The number of benzene rings is 2. The molecule has 2 rings (SSSR count). The third-order valence-electron chi connectivity index (χ3n) is 2.58. The van der Waals surface area contributed by atoms with Crippen molar-refractivity contribution in [2.24, 2.45) is 0 Å². The molecule has 0 atom stereocenters. The quantitative estimate of drug-likeness (QED) is 0.906. The monoisotopic (exact) mass is 337 g/mol. The van der Waals surface area contributed by atoms with Gasteiger partial charge >= 0.3 is 0 Å². The van der Waals surface area contributed by atoms with Gasteiger partial charge in [0.05, 0.1) is 11.1 Å². The van der Waals surface area contributed by atoms with Crippen LogP contribution in [0, 0.1) is 5.82 Å². The van der Waals surface area contributed by atoms with Crippen LogP contribution < -0.4 is 10.1 Å². The van der Waals surface area contributed by atoms with Gasteiger partial charge in [0.15, 0.2) is 0 Å². The van der Waals surface area contributed by atoms with Gasteiger partial charge in [-0.3, -0.25) is 4.79 Å².